The summed E-state index contributed by atoms with van der Waals surface area (Å²) < 4.78 is 9.68. The molecule has 0 amide bonds. The summed E-state index contributed by atoms with van der Waals surface area (Å²) in [5, 5.41) is 22.8. The van der Waals surface area contributed by atoms with Crippen LogP contribution in [0.1, 0.15) is 5.56 Å². The first-order valence-electron chi connectivity index (χ1n) is 7.29. The topological polar surface area (TPSA) is 93.4 Å². The quantitative estimate of drug-likeness (QED) is 0.304. The first kappa shape index (κ1) is 19.9. The van der Waals surface area contributed by atoms with E-state index in [4.69, 9.17) is 9.84 Å². The van der Waals surface area contributed by atoms with Crippen LogP contribution in [0.4, 0.5) is 11.4 Å². The summed E-state index contributed by atoms with van der Waals surface area (Å²) >= 11 is 0. The maximum absolute atomic E-state index is 11.1. The molecule has 8 nitrogen and oxygen atoms in total. The molecule has 2 rings (SSSR count). The zero-order valence-corrected chi connectivity index (χ0v) is 15.2. The highest BCUT2D eigenvalue weighted by Gasteiger charge is 2.17. The van der Waals surface area contributed by atoms with Gasteiger partial charge in [0.15, 0.2) is 0 Å². The van der Waals surface area contributed by atoms with Crippen LogP contribution in [0.2, 0.25) is 0 Å². The molecule has 0 saturated carbocycles. The van der Waals surface area contributed by atoms with Gasteiger partial charge in [-0.1, -0.05) is 0 Å². The predicted octanol–water partition coefficient (Wildman–Crippen LogP) is -1.98. The number of aromatic nitrogens is 2. The number of aliphatic hydroxyl groups excluding tert-OH is 1. The Morgan fingerprint density at radius 3 is 2.79 bits per heavy atom. The molecule has 132 valence electrons. The minimum Gasteiger partial charge on any atom is -1.00 e. The number of nitrogens with zero attached hydrogens (tertiary/aromatic N) is 3. The molecule has 9 heteroatoms. The number of halogens is 1. The van der Waals surface area contributed by atoms with Gasteiger partial charge in [-0.2, -0.15) is 0 Å². The number of hydrogen-bond acceptors (Lipinski definition) is 5. The average molecular weight is 401 g/mol. The second kappa shape index (κ2) is 9.24. The van der Waals surface area contributed by atoms with Crippen molar-refractivity contribution in [2.24, 2.45) is 7.05 Å². The van der Waals surface area contributed by atoms with Gasteiger partial charge in [-0.15, -0.1) is 0 Å². The molecule has 0 fully saturated rings. The zero-order valence-electron chi connectivity index (χ0n) is 13.6. The highest BCUT2D eigenvalue weighted by Crippen LogP contribution is 2.32. The summed E-state index contributed by atoms with van der Waals surface area (Å²) in [5.74, 6) is 0.590. The van der Waals surface area contributed by atoms with Gasteiger partial charge in [-0.3, -0.25) is 10.1 Å². The first-order valence-corrected chi connectivity index (χ1v) is 7.29. The smallest absolute Gasteiger partial charge is 0.292 e. The van der Waals surface area contributed by atoms with Gasteiger partial charge in [-0.05, 0) is 12.5 Å². The van der Waals surface area contributed by atoms with Crippen molar-refractivity contribution < 1.29 is 36.3 Å². The molecule has 1 aromatic carbocycles. The highest BCUT2D eigenvalue weighted by atomic mass is 79.9. The van der Waals surface area contributed by atoms with E-state index >= 15 is 0 Å². The maximum Gasteiger partial charge on any atom is 0.292 e. The number of hydrogen-bond donors (Lipinski definition) is 2. The van der Waals surface area contributed by atoms with Crippen LogP contribution in [0.3, 0.4) is 0 Å². The standard InChI is InChI=1S/C15H21N4O4.BrH/c1-12-9-14(19(21)22)13(16-3-7-20)10-15(12)23-8-6-18-5-4-17(2)11-18;/h4-5,9-11,16,20H,3,6-8H2,1-2H3;1H/q+1;/p-1. The molecular formula is C15H21BrN4O4. The normalized spacial score (nSPS) is 10.1. The lowest BCUT2D eigenvalue weighted by Gasteiger charge is -2.12. The Bertz CT molecular complexity index is 690. The monoisotopic (exact) mass is 400 g/mol. The molecule has 0 spiro atoms. The van der Waals surface area contributed by atoms with Crippen LogP contribution < -0.4 is 31.6 Å². The van der Waals surface area contributed by atoms with E-state index < -0.39 is 4.92 Å². The molecule has 0 radical (unpaired) electrons. The third-order valence-electron chi connectivity index (χ3n) is 3.35. The molecule has 0 unspecified atom stereocenters. The number of nitro benzene ring substituents is 1. The number of rotatable bonds is 8. The fourth-order valence-electron chi connectivity index (χ4n) is 2.21. The first-order chi connectivity index (χ1) is 11.0. The molecule has 1 aromatic heterocycles. The lowest BCUT2D eigenvalue weighted by Crippen LogP contribution is -3.00. The van der Waals surface area contributed by atoms with Crippen molar-refractivity contribution in [2.75, 3.05) is 25.1 Å². The van der Waals surface area contributed by atoms with Crippen molar-refractivity contribution in [3.63, 3.8) is 0 Å². The number of aliphatic hydroxyl groups is 1. The molecule has 0 atom stereocenters. The van der Waals surface area contributed by atoms with Crippen molar-refractivity contribution in [3.05, 3.63) is 46.5 Å². The van der Waals surface area contributed by atoms with Crippen molar-refractivity contribution in [1.29, 1.82) is 0 Å². The SMILES string of the molecule is Cc1cc([N+](=O)[O-])c(NCCO)cc1OCCn1cc[n+](C)c1.[Br-]. The molecule has 2 N–H and O–H groups in total. The number of anilines is 1. The second-order valence-electron chi connectivity index (χ2n) is 5.21. The van der Waals surface area contributed by atoms with Crippen LogP contribution in [0.25, 0.3) is 0 Å². The van der Waals surface area contributed by atoms with Crippen LogP contribution in [0.5, 0.6) is 5.75 Å². The molecule has 0 aliphatic heterocycles. The predicted molar refractivity (Wildman–Crippen MR) is 84.5 cm³/mol. The third kappa shape index (κ3) is 5.20. The summed E-state index contributed by atoms with van der Waals surface area (Å²) in [7, 11) is 1.94. The van der Waals surface area contributed by atoms with Crippen molar-refractivity contribution in [1.82, 2.24) is 4.57 Å². The fourth-order valence-corrected chi connectivity index (χ4v) is 2.21. The van der Waals surface area contributed by atoms with Crippen LogP contribution in [0, 0.1) is 17.0 Å². The lowest BCUT2D eigenvalue weighted by molar-refractivity contribution is -0.671. The molecule has 0 saturated heterocycles. The second-order valence-corrected chi connectivity index (χ2v) is 5.21. The van der Waals surface area contributed by atoms with E-state index in [2.05, 4.69) is 5.32 Å². The van der Waals surface area contributed by atoms with Crippen LogP contribution in [-0.2, 0) is 13.6 Å². The van der Waals surface area contributed by atoms with Gasteiger partial charge in [0.1, 0.15) is 37.0 Å². The average Bonchev–Trinajstić information content (AvgIpc) is 2.92. The molecule has 1 heterocycles. The molecule has 0 bridgehead atoms. The van der Waals surface area contributed by atoms with Crippen molar-refractivity contribution >= 4 is 11.4 Å². The Labute approximate surface area is 150 Å². The number of benzene rings is 1. The fraction of sp³-hybridized carbons (Fsp3) is 0.400. The number of ether oxygens (including phenoxy) is 1. The van der Waals surface area contributed by atoms with Crippen LogP contribution in [-0.4, -0.2) is 34.4 Å². The third-order valence-corrected chi connectivity index (χ3v) is 3.35. The Morgan fingerprint density at radius 1 is 1.46 bits per heavy atom. The Kier molecular flexibility index (Phi) is 7.66. The van der Waals surface area contributed by atoms with Gasteiger partial charge in [0.25, 0.3) is 5.69 Å². The molecule has 24 heavy (non-hydrogen) atoms. The summed E-state index contributed by atoms with van der Waals surface area (Å²) in [6.45, 7) is 3.03. The van der Waals surface area contributed by atoms with E-state index in [1.807, 2.05) is 34.9 Å². The van der Waals surface area contributed by atoms with Crippen LogP contribution in [0.15, 0.2) is 30.9 Å². The Balaban J connectivity index is 0.00000288. The van der Waals surface area contributed by atoms with Gasteiger partial charge >= 0.3 is 0 Å². The Hall–Kier alpha value is -2.13. The summed E-state index contributed by atoms with van der Waals surface area (Å²) in [6, 6.07) is 3.09. The highest BCUT2D eigenvalue weighted by molar-refractivity contribution is 5.66. The van der Waals surface area contributed by atoms with E-state index in [0.717, 1.165) is 0 Å². The van der Waals surface area contributed by atoms with Crippen LogP contribution >= 0.6 is 0 Å². The number of imidazole rings is 1. The van der Waals surface area contributed by atoms with Gasteiger partial charge in [0, 0.05) is 18.7 Å². The summed E-state index contributed by atoms with van der Waals surface area (Å²) in [5.41, 5.74) is 1.02. The van der Waals surface area contributed by atoms with Gasteiger partial charge in [0.05, 0.1) is 18.6 Å². The largest absolute Gasteiger partial charge is 1.00 e. The maximum atomic E-state index is 11.1. The van der Waals surface area contributed by atoms with Crippen molar-refractivity contribution in [2.45, 2.75) is 13.5 Å². The van der Waals surface area contributed by atoms with E-state index in [0.29, 0.717) is 30.2 Å². The lowest BCUT2D eigenvalue weighted by atomic mass is 10.1. The molecule has 2 aromatic rings. The van der Waals surface area contributed by atoms with Gasteiger partial charge in [0.2, 0.25) is 6.33 Å². The number of nitrogens with one attached hydrogen (secondary N) is 1. The zero-order chi connectivity index (χ0) is 16.8. The van der Waals surface area contributed by atoms with E-state index in [1.165, 1.54) is 6.07 Å². The number of aryl methyl sites for hydroxylation is 2. The van der Waals surface area contributed by atoms with E-state index in [-0.39, 0.29) is 35.8 Å². The van der Waals surface area contributed by atoms with Gasteiger partial charge < -0.3 is 32.1 Å². The van der Waals surface area contributed by atoms with E-state index in [9.17, 15) is 10.1 Å². The van der Waals surface area contributed by atoms with Gasteiger partial charge in [-0.25, -0.2) is 9.13 Å². The molecule has 0 aliphatic rings. The van der Waals surface area contributed by atoms with E-state index in [1.54, 1.807) is 13.0 Å². The van der Waals surface area contributed by atoms with Crippen molar-refractivity contribution in [3.8, 4) is 5.75 Å². The Morgan fingerprint density at radius 2 is 2.21 bits per heavy atom. The summed E-state index contributed by atoms with van der Waals surface area (Å²) in [6.07, 6.45) is 5.83. The summed E-state index contributed by atoms with van der Waals surface area (Å²) in [4.78, 5) is 10.7. The molecular weight excluding hydrogens is 380 g/mol. The minimum absolute atomic E-state index is 0. The molecule has 0 aliphatic carbocycles. The number of nitro groups is 1. The minimum atomic E-state index is -0.448.